The van der Waals surface area contributed by atoms with E-state index in [1.54, 1.807) is 13.8 Å². The normalized spacial score (nSPS) is 13.5. The Morgan fingerprint density at radius 2 is 1.73 bits per heavy atom. The van der Waals surface area contributed by atoms with Gasteiger partial charge in [-0.15, -0.1) is 0 Å². The van der Waals surface area contributed by atoms with Crippen molar-refractivity contribution >= 4 is 7.60 Å². The van der Waals surface area contributed by atoms with E-state index < -0.39 is 13.3 Å². The van der Waals surface area contributed by atoms with Crippen LogP contribution in [-0.2, 0) is 13.6 Å². The van der Waals surface area contributed by atoms with Crippen molar-refractivity contribution in [1.82, 2.24) is 0 Å². The van der Waals surface area contributed by atoms with E-state index in [0.29, 0.717) is 12.8 Å². The van der Waals surface area contributed by atoms with Crippen molar-refractivity contribution in [3.8, 4) is 6.07 Å². The molecule has 0 saturated heterocycles. The first-order valence-corrected chi connectivity index (χ1v) is 9.58. The molecule has 0 aromatic rings. The van der Waals surface area contributed by atoms with Crippen molar-refractivity contribution in [3.63, 3.8) is 0 Å². The van der Waals surface area contributed by atoms with Gasteiger partial charge in [0.15, 0.2) is 0 Å². The molecule has 0 aromatic heterocycles. The number of nitriles is 1. The van der Waals surface area contributed by atoms with E-state index in [-0.39, 0.29) is 13.2 Å². The first-order chi connectivity index (χ1) is 10.4. The lowest BCUT2D eigenvalue weighted by molar-refractivity contribution is 0.215. The molecule has 5 heteroatoms. The Morgan fingerprint density at radius 3 is 2.18 bits per heavy atom. The zero-order valence-electron chi connectivity index (χ0n) is 14.6. The van der Waals surface area contributed by atoms with Crippen molar-refractivity contribution in [2.75, 3.05) is 13.2 Å². The molecule has 1 unspecified atom stereocenters. The summed E-state index contributed by atoms with van der Waals surface area (Å²) in [5, 5.41) is 9.27. The monoisotopic (exact) mass is 327 g/mol. The van der Waals surface area contributed by atoms with Gasteiger partial charge in [0, 0.05) is 0 Å². The largest absolute Gasteiger partial charge is 0.347 e. The molecule has 0 bridgehead atoms. The van der Waals surface area contributed by atoms with Gasteiger partial charge in [-0.05, 0) is 60.3 Å². The lowest BCUT2D eigenvalue weighted by atomic mass is 10.1. The maximum atomic E-state index is 12.6. The summed E-state index contributed by atoms with van der Waals surface area (Å²) in [6.07, 6.45) is 7.58. The first kappa shape index (κ1) is 21.1. The predicted molar refractivity (Wildman–Crippen MR) is 91.9 cm³/mol. The second-order valence-corrected chi connectivity index (χ2v) is 7.69. The molecule has 0 fully saturated rings. The van der Waals surface area contributed by atoms with Gasteiger partial charge in [0.1, 0.15) is 5.66 Å². The Labute approximate surface area is 135 Å². The van der Waals surface area contributed by atoms with E-state index in [1.807, 2.05) is 0 Å². The minimum Gasteiger partial charge on any atom is -0.308 e. The minimum absolute atomic E-state index is 0.285. The fraction of sp³-hybridized carbons (Fsp3) is 0.706. The Balaban J connectivity index is 4.54. The molecule has 4 nitrogen and oxygen atoms in total. The summed E-state index contributed by atoms with van der Waals surface area (Å²) in [6, 6.07) is 2.09. The molecule has 0 aliphatic heterocycles. The summed E-state index contributed by atoms with van der Waals surface area (Å²) < 4.78 is 23.1. The van der Waals surface area contributed by atoms with Gasteiger partial charge >= 0.3 is 7.60 Å². The Morgan fingerprint density at radius 1 is 1.14 bits per heavy atom. The number of rotatable bonds is 11. The molecule has 0 N–H and O–H groups in total. The van der Waals surface area contributed by atoms with Crippen LogP contribution in [0.1, 0.15) is 60.3 Å². The summed E-state index contributed by atoms with van der Waals surface area (Å²) in [5.74, 6) is 0. The van der Waals surface area contributed by atoms with Gasteiger partial charge in [-0.25, -0.2) is 0 Å². The lowest BCUT2D eigenvalue weighted by Gasteiger charge is -2.21. The molecule has 1 atom stereocenters. The number of hydrogen-bond donors (Lipinski definition) is 0. The topological polar surface area (TPSA) is 59.3 Å². The van der Waals surface area contributed by atoms with Gasteiger partial charge in [0.05, 0.1) is 19.3 Å². The molecule has 0 spiro atoms. The van der Waals surface area contributed by atoms with Crippen molar-refractivity contribution < 1.29 is 13.6 Å². The van der Waals surface area contributed by atoms with E-state index in [1.165, 1.54) is 11.1 Å². The fourth-order valence-corrected chi connectivity index (χ4v) is 3.81. The molecule has 0 rings (SSSR count). The van der Waals surface area contributed by atoms with Crippen LogP contribution >= 0.6 is 7.60 Å². The van der Waals surface area contributed by atoms with Crippen LogP contribution in [0.2, 0.25) is 0 Å². The first-order valence-electron chi connectivity index (χ1n) is 7.97. The summed E-state index contributed by atoms with van der Waals surface area (Å²) in [4.78, 5) is 0. The minimum atomic E-state index is -3.32. The van der Waals surface area contributed by atoms with Crippen molar-refractivity contribution in [2.45, 2.75) is 66.0 Å². The van der Waals surface area contributed by atoms with Crippen molar-refractivity contribution in [2.24, 2.45) is 0 Å². The summed E-state index contributed by atoms with van der Waals surface area (Å²) in [6.45, 7) is 10.4. The zero-order chi connectivity index (χ0) is 17.0. The third-order valence-corrected chi connectivity index (χ3v) is 5.55. The highest BCUT2D eigenvalue weighted by Gasteiger charge is 2.35. The molecule has 0 aliphatic carbocycles. The van der Waals surface area contributed by atoms with E-state index in [0.717, 1.165) is 12.8 Å². The molecular weight excluding hydrogens is 297 g/mol. The quantitative estimate of drug-likeness (QED) is 0.365. The average molecular weight is 327 g/mol. The summed E-state index contributed by atoms with van der Waals surface area (Å²) in [5.41, 5.74) is 1.91. The third-order valence-electron chi connectivity index (χ3n) is 3.17. The molecule has 0 saturated carbocycles. The molecular formula is C17H30NO3P. The van der Waals surface area contributed by atoms with Crippen molar-refractivity contribution in [3.05, 3.63) is 23.3 Å². The van der Waals surface area contributed by atoms with Crippen LogP contribution < -0.4 is 0 Å². The highest BCUT2D eigenvalue weighted by Crippen LogP contribution is 2.54. The molecule has 0 amide bonds. The summed E-state index contributed by atoms with van der Waals surface area (Å²) in [7, 11) is -3.32. The highest BCUT2D eigenvalue weighted by atomic mass is 31.2. The third kappa shape index (κ3) is 8.54. The SMILES string of the molecule is CCOP(=O)(OCC)C(C#N)CC/C=C(\C)CCC=C(C)C. The second kappa shape index (κ2) is 11.7. The molecule has 22 heavy (non-hydrogen) atoms. The van der Waals surface area contributed by atoms with E-state index >= 15 is 0 Å². The average Bonchev–Trinajstić information content (AvgIpc) is 2.43. The number of nitrogens with zero attached hydrogens (tertiary/aromatic N) is 1. The second-order valence-electron chi connectivity index (χ2n) is 5.47. The smallest absolute Gasteiger partial charge is 0.308 e. The van der Waals surface area contributed by atoms with Crippen LogP contribution in [0.25, 0.3) is 0 Å². The lowest BCUT2D eigenvalue weighted by Crippen LogP contribution is -2.11. The Hall–Kier alpha value is -0.880. The zero-order valence-corrected chi connectivity index (χ0v) is 15.5. The van der Waals surface area contributed by atoms with Crippen LogP contribution in [-0.4, -0.2) is 18.9 Å². The van der Waals surface area contributed by atoms with Gasteiger partial charge in [-0.1, -0.05) is 23.3 Å². The summed E-state index contributed by atoms with van der Waals surface area (Å²) >= 11 is 0. The van der Waals surface area contributed by atoms with Gasteiger partial charge in [0.2, 0.25) is 0 Å². The van der Waals surface area contributed by atoms with Crippen molar-refractivity contribution in [1.29, 1.82) is 5.26 Å². The number of hydrogen-bond acceptors (Lipinski definition) is 4. The maximum Gasteiger partial charge on any atom is 0.347 e. The maximum absolute atomic E-state index is 12.6. The van der Waals surface area contributed by atoms with Crippen LogP contribution in [0, 0.1) is 11.3 Å². The van der Waals surface area contributed by atoms with Gasteiger partial charge in [-0.3, -0.25) is 4.57 Å². The van der Waals surface area contributed by atoms with Crippen LogP contribution in [0.3, 0.4) is 0 Å². The van der Waals surface area contributed by atoms with E-state index in [9.17, 15) is 9.83 Å². The van der Waals surface area contributed by atoms with E-state index in [4.69, 9.17) is 9.05 Å². The van der Waals surface area contributed by atoms with Crippen LogP contribution in [0.5, 0.6) is 0 Å². The molecule has 0 radical (unpaired) electrons. The Kier molecular flexibility index (Phi) is 11.2. The molecule has 0 aromatic carbocycles. The van der Waals surface area contributed by atoms with Crippen LogP contribution in [0.4, 0.5) is 0 Å². The predicted octanol–water partition coefficient (Wildman–Crippen LogP) is 5.62. The fourth-order valence-electron chi connectivity index (χ4n) is 2.05. The molecule has 126 valence electrons. The highest BCUT2D eigenvalue weighted by molar-refractivity contribution is 7.55. The van der Waals surface area contributed by atoms with Gasteiger partial charge < -0.3 is 9.05 Å². The standard InChI is InChI=1S/C17H30NO3P/c1-6-20-22(19,21-7-2)17(14-18)13-9-12-16(5)11-8-10-15(3)4/h10,12,17H,6-9,11,13H2,1-5H3/b16-12+. The molecule has 0 heterocycles. The number of allylic oxidation sites excluding steroid dienone is 4. The molecule has 0 aliphatic rings. The van der Waals surface area contributed by atoms with E-state index in [2.05, 4.69) is 39.0 Å². The van der Waals surface area contributed by atoms with Crippen LogP contribution in [0.15, 0.2) is 23.3 Å². The van der Waals surface area contributed by atoms with Gasteiger partial charge in [-0.2, -0.15) is 5.26 Å². The van der Waals surface area contributed by atoms with Gasteiger partial charge in [0.25, 0.3) is 0 Å². The Bertz CT molecular complexity index is 449.